The van der Waals surface area contributed by atoms with Crippen LogP contribution in [0.25, 0.3) is 0 Å². The van der Waals surface area contributed by atoms with Crippen LogP contribution in [0.1, 0.15) is 55.7 Å². The van der Waals surface area contributed by atoms with Gasteiger partial charge in [0.1, 0.15) is 10.9 Å². The van der Waals surface area contributed by atoms with Crippen LogP contribution in [0.2, 0.25) is 0 Å². The Morgan fingerprint density at radius 3 is 2.48 bits per heavy atom. The van der Waals surface area contributed by atoms with E-state index in [1.807, 2.05) is 26.0 Å². The Kier molecular flexibility index (Phi) is 8.90. The summed E-state index contributed by atoms with van der Waals surface area (Å²) < 4.78 is 20.6. The van der Waals surface area contributed by atoms with Crippen molar-refractivity contribution >= 4 is 40.6 Å². The van der Waals surface area contributed by atoms with E-state index in [9.17, 15) is 14.4 Å². The van der Waals surface area contributed by atoms with Gasteiger partial charge in [0.05, 0.1) is 26.0 Å². The number of aryl methyl sites for hydroxylation is 2. The maximum absolute atomic E-state index is 14.3. The zero-order chi connectivity index (χ0) is 29.0. The first-order chi connectivity index (χ1) is 19.2. The number of rotatable bonds is 10. The third kappa shape index (κ3) is 5.87. The fourth-order valence-electron chi connectivity index (χ4n) is 4.55. The number of nitrogens with two attached hydrogens (primary N) is 2. The summed E-state index contributed by atoms with van der Waals surface area (Å²) in [6.45, 7) is 4.79. The lowest BCUT2D eigenvalue weighted by Crippen LogP contribution is -2.45. The molecule has 40 heavy (non-hydrogen) atoms. The third-order valence-electron chi connectivity index (χ3n) is 6.90. The number of hydrogen-bond acceptors (Lipinski definition) is 9. The monoisotopic (exact) mass is 567 g/mol. The van der Waals surface area contributed by atoms with Crippen LogP contribution in [-0.4, -0.2) is 55.6 Å². The summed E-state index contributed by atoms with van der Waals surface area (Å²) in [7, 11) is 3.00. The Labute approximate surface area is 236 Å². The zero-order valence-corrected chi connectivity index (χ0v) is 23.7. The molecule has 1 fully saturated rings. The van der Waals surface area contributed by atoms with Crippen molar-refractivity contribution in [3.8, 4) is 11.5 Å². The van der Waals surface area contributed by atoms with Gasteiger partial charge in [-0.3, -0.25) is 19.3 Å². The zero-order valence-electron chi connectivity index (χ0n) is 22.9. The lowest BCUT2D eigenvalue weighted by molar-refractivity contribution is -0.123. The molecule has 1 aromatic heterocycles. The molecule has 0 unspecified atom stereocenters. The molecule has 0 saturated carbocycles. The Balaban J connectivity index is 1.88. The number of aromatic nitrogens is 1. The van der Waals surface area contributed by atoms with Crippen molar-refractivity contribution < 1.29 is 28.6 Å². The number of primary amides is 1. The molecule has 212 valence electrons. The van der Waals surface area contributed by atoms with Crippen LogP contribution >= 0.6 is 11.5 Å². The number of methoxy groups -OCH3 is 2. The predicted octanol–water partition coefficient (Wildman–Crippen LogP) is 3.14. The number of amides is 3. The highest BCUT2D eigenvalue weighted by Gasteiger charge is 2.37. The molecule has 1 aliphatic heterocycles. The van der Waals surface area contributed by atoms with Crippen molar-refractivity contribution in [2.24, 2.45) is 5.73 Å². The van der Waals surface area contributed by atoms with Gasteiger partial charge in [0, 0.05) is 18.8 Å². The standard InChI is InChI=1S/C28H33N5O6S/c1-15-7-9-18(12-16(15)2)33(28(36)25-22(29)23(26(30)34)32-40-25)24(27(35)31-14-19-6-5-11-39-19)17-8-10-20(37-3)21(13-17)38-4/h7-10,12-13,19,24H,5-6,11,14,29H2,1-4H3,(H2,30,34)(H,31,35)/t19-,24-/m0/s1. The number of ether oxygens (including phenoxy) is 3. The van der Waals surface area contributed by atoms with E-state index in [0.717, 1.165) is 35.5 Å². The highest BCUT2D eigenvalue weighted by Crippen LogP contribution is 2.37. The van der Waals surface area contributed by atoms with E-state index >= 15 is 0 Å². The van der Waals surface area contributed by atoms with Crippen molar-refractivity contribution in [1.29, 1.82) is 0 Å². The van der Waals surface area contributed by atoms with Gasteiger partial charge in [0.2, 0.25) is 5.91 Å². The van der Waals surface area contributed by atoms with Gasteiger partial charge in [-0.1, -0.05) is 12.1 Å². The number of benzene rings is 2. The highest BCUT2D eigenvalue weighted by atomic mass is 32.1. The summed E-state index contributed by atoms with van der Waals surface area (Å²) in [5, 5.41) is 2.96. The first-order valence-electron chi connectivity index (χ1n) is 12.7. The predicted molar refractivity (Wildman–Crippen MR) is 152 cm³/mol. The summed E-state index contributed by atoms with van der Waals surface area (Å²) in [6.07, 6.45) is 1.63. The Morgan fingerprint density at radius 1 is 1.12 bits per heavy atom. The van der Waals surface area contributed by atoms with Crippen LogP contribution in [0, 0.1) is 13.8 Å². The van der Waals surface area contributed by atoms with Gasteiger partial charge in [-0.2, -0.15) is 4.37 Å². The van der Waals surface area contributed by atoms with Crippen LogP contribution in [0.4, 0.5) is 11.4 Å². The number of nitrogen functional groups attached to an aromatic ring is 1. The molecular weight excluding hydrogens is 534 g/mol. The van der Waals surface area contributed by atoms with Crippen molar-refractivity contribution in [3.05, 3.63) is 63.7 Å². The molecule has 1 saturated heterocycles. The number of hydrogen-bond donors (Lipinski definition) is 3. The van der Waals surface area contributed by atoms with Gasteiger partial charge >= 0.3 is 0 Å². The average Bonchev–Trinajstić information content (AvgIpc) is 3.61. The molecule has 4 rings (SSSR count). The normalized spacial score (nSPS) is 15.3. The molecule has 1 aliphatic rings. The summed E-state index contributed by atoms with van der Waals surface area (Å²) in [4.78, 5) is 41.5. The molecule has 3 amide bonds. The minimum Gasteiger partial charge on any atom is -0.493 e. The second kappa shape index (κ2) is 12.3. The Morgan fingerprint density at radius 2 is 1.88 bits per heavy atom. The van der Waals surface area contributed by atoms with Gasteiger partial charge in [-0.25, -0.2) is 0 Å². The lowest BCUT2D eigenvalue weighted by atomic mass is 10.0. The first-order valence-corrected chi connectivity index (χ1v) is 13.5. The second-order valence-corrected chi connectivity index (χ2v) is 10.3. The lowest BCUT2D eigenvalue weighted by Gasteiger charge is -2.32. The van der Waals surface area contributed by atoms with E-state index in [1.165, 1.54) is 19.1 Å². The van der Waals surface area contributed by atoms with Crippen LogP contribution in [0.3, 0.4) is 0 Å². The summed E-state index contributed by atoms with van der Waals surface area (Å²) in [5.41, 5.74) is 14.1. The maximum atomic E-state index is 14.3. The molecular formula is C28H33N5O6S. The van der Waals surface area contributed by atoms with Crippen molar-refractivity contribution in [1.82, 2.24) is 9.69 Å². The quantitative estimate of drug-likeness (QED) is 0.337. The minimum absolute atomic E-state index is 0.00979. The molecule has 2 atom stereocenters. The smallest absolute Gasteiger partial charge is 0.273 e. The fraction of sp³-hybridized carbons (Fsp3) is 0.357. The van der Waals surface area contributed by atoms with Crippen LogP contribution in [-0.2, 0) is 9.53 Å². The van der Waals surface area contributed by atoms with E-state index < -0.39 is 23.8 Å². The summed E-state index contributed by atoms with van der Waals surface area (Å²) in [5.74, 6) is -1.05. The van der Waals surface area contributed by atoms with Crippen LogP contribution in [0.15, 0.2) is 36.4 Å². The number of anilines is 2. The molecule has 3 aromatic rings. The molecule has 0 bridgehead atoms. The number of carbonyl (C=O) groups is 3. The molecule has 5 N–H and O–H groups in total. The van der Waals surface area contributed by atoms with Gasteiger partial charge in [-0.15, -0.1) is 0 Å². The largest absolute Gasteiger partial charge is 0.493 e. The molecule has 2 aromatic carbocycles. The molecule has 0 aliphatic carbocycles. The fourth-order valence-corrected chi connectivity index (χ4v) is 5.30. The molecule has 12 heteroatoms. The van der Waals surface area contributed by atoms with Gasteiger partial charge in [0.25, 0.3) is 11.8 Å². The topological polar surface area (TPSA) is 159 Å². The summed E-state index contributed by atoms with van der Waals surface area (Å²) in [6, 6.07) is 9.31. The molecule has 2 heterocycles. The summed E-state index contributed by atoms with van der Waals surface area (Å²) >= 11 is 0.751. The minimum atomic E-state index is -1.16. The van der Waals surface area contributed by atoms with Gasteiger partial charge < -0.3 is 31.0 Å². The maximum Gasteiger partial charge on any atom is 0.273 e. The van der Waals surface area contributed by atoms with Gasteiger partial charge in [0.15, 0.2) is 17.2 Å². The Bertz CT molecular complexity index is 1420. The number of nitrogens with zero attached hydrogens (tertiary/aromatic N) is 2. The SMILES string of the molecule is COc1ccc([C@@H](C(=O)NC[C@@H]2CCCO2)N(C(=O)c2snc(C(N)=O)c2N)c2ccc(C)c(C)c2)cc1OC. The second-order valence-electron chi connectivity index (χ2n) is 9.48. The molecule has 0 spiro atoms. The third-order valence-corrected chi connectivity index (χ3v) is 7.75. The average molecular weight is 568 g/mol. The number of carbonyl (C=O) groups excluding carboxylic acids is 3. The highest BCUT2D eigenvalue weighted by molar-refractivity contribution is 7.09. The first kappa shape index (κ1) is 28.8. The van der Waals surface area contributed by atoms with Crippen LogP contribution < -0.4 is 31.2 Å². The van der Waals surface area contributed by atoms with Crippen LogP contribution in [0.5, 0.6) is 11.5 Å². The number of nitrogens with one attached hydrogen (secondary N) is 1. The van der Waals surface area contributed by atoms with E-state index in [4.69, 9.17) is 25.7 Å². The molecule has 0 radical (unpaired) electrons. The molecule has 11 nitrogen and oxygen atoms in total. The van der Waals surface area contributed by atoms with Crippen molar-refractivity contribution in [2.75, 3.05) is 38.0 Å². The van der Waals surface area contributed by atoms with E-state index in [1.54, 1.807) is 24.3 Å². The van der Waals surface area contributed by atoms with Gasteiger partial charge in [-0.05, 0) is 79.2 Å². The van der Waals surface area contributed by atoms with E-state index in [2.05, 4.69) is 9.69 Å². The van der Waals surface area contributed by atoms with E-state index in [-0.39, 0.29) is 28.9 Å². The van der Waals surface area contributed by atoms with Crippen molar-refractivity contribution in [3.63, 3.8) is 0 Å². The Hall–Kier alpha value is -4.16. The van der Waals surface area contributed by atoms with Crippen molar-refractivity contribution in [2.45, 2.75) is 38.8 Å². The van der Waals surface area contributed by atoms with E-state index in [0.29, 0.717) is 29.4 Å².